The molecule has 3 aliphatic heterocycles. The summed E-state index contributed by atoms with van der Waals surface area (Å²) in [6.07, 6.45) is 8.29. The normalized spacial score (nSPS) is 21.7. The molecular weight excluding hydrogens is 521 g/mol. The van der Waals surface area contributed by atoms with Gasteiger partial charge in [0.15, 0.2) is 5.96 Å². The molecule has 9 nitrogen and oxygen atoms in total. The summed E-state index contributed by atoms with van der Waals surface area (Å²) in [5.41, 5.74) is 0. The fraction of sp³-hybridized carbons (Fsp3) is 0.818. The number of aryl methyl sites for hydroxylation is 2. The highest BCUT2D eigenvalue weighted by Crippen LogP contribution is 2.17. The summed E-state index contributed by atoms with van der Waals surface area (Å²) in [5, 5.41) is 12.2. The molecule has 180 valence electrons. The Kier molecular flexibility index (Phi) is 10.0. The molecule has 4 rings (SSSR count). The van der Waals surface area contributed by atoms with Crippen molar-refractivity contribution in [3.8, 4) is 0 Å². The Morgan fingerprint density at radius 3 is 2.66 bits per heavy atom. The Morgan fingerprint density at radius 1 is 1.09 bits per heavy atom. The number of aliphatic imine (C=N–C) groups is 1. The Balaban J connectivity index is 0.00000289. The maximum Gasteiger partial charge on any atom is 0.251 e. The van der Waals surface area contributed by atoms with E-state index < -0.39 is 0 Å². The fourth-order valence-corrected chi connectivity index (χ4v) is 4.69. The maximum atomic E-state index is 12.6. The van der Waals surface area contributed by atoms with Crippen LogP contribution in [0.5, 0.6) is 0 Å². The Morgan fingerprint density at radius 2 is 1.91 bits per heavy atom. The second-order valence-corrected chi connectivity index (χ2v) is 8.65. The minimum atomic E-state index is -0.222. The second kappa shape index (κ2) is 12.7. The van der Waals surface area contributed by atoms with Crippen LogP contribution < -0.4 is 5.32 Å². The monoisotopic (exact) mass is 559 g/mol. The third-order valence-corrected chi connectivity index (χ3v) is 6.44. The molecule has 0 bridgehead atoms. The van der Waals surface area contributed by atoms with Crippen molar-refractivity contribution in [1.82, 2.24) is 29.9 Å². The lowest BCUT2D eigenvalue weighted by Crippen LogP contribution is -2.55. The molecule has 1 amide bonds. The molecule has 3 aliphatic rings. The number of piperazine rings is 1. The molecule has 0 radical (unpaired) electrons. The van der Waals surface area contributed by atoms with E-state index in [0.717, 1.165) is 95.5 Å². The van der Waals surface area contributed by atoms with Crippen molar-refractivity contribution in [3.63, 3.8) is 0 Å². The SMILES string of the molecule is CCNC(=NCCCc1nnc2n1CCCCC2)N1CCN(C(=O)C2CCCO2)CC1.I. The van der Waals surface area contributed by atoms with Gasteiger partial charge in [-0.15, -0.1) is 34.2 Å². The van der Waals surface area contributed by atoms with Gasteiger partial charge in [0.2, 0.25) is 0 Å². The van der Waals surface area contributed by atoms with Crippen LogP contribution in [0, 0.1) is 0 Å². The van der Waals surface area contributed by atoms with Gasteiger partial charge in [-0.2, -0.15) is 0 Å². The van der Waals surface area contributed by atoms with Crippen LogP contribution in [0.15, 0.2) is 4.99 Å². The smallest absolute Gasteiger partial charge is 0.251 e. The first-order chi connectivity index (χ1) is 15.3. The molecule has 2 fully saturated rings. The summed E-state index contributed by atoms with van der Waals surface area (Å²) in [6.45, 7) is 8.54. The van der Waals surface area contributed by atoms with Crippen molar-refractivity contribution in [1.29, 1.82) is 0 Å². The van der Waals surface area contributed by atoms with E-state index in [1.54, 1.807) is 0 Å². The molecule has 1 aromatic rings. The van der Waals surface area contributed by atoms with Crippen molar-refractivity contribution < 1.29 is 9.53 Å². The number of amides is 1. The summed E-state index contributed by atoms with van der Waals surface area (Å²) < 4.78 is 7.89. The molecule has 32 heavy (non-hydrogen) atoms. The number of hydrogen-bond acceptors (Lipinski definition) is 5. The zero-order chi connectivity index (χ0) is 21.5. The molecule has 4 heterocycles. The third-order valence-electron chi connectivity index (χ3n) is 6.44. The van der Waals surface area contributed by atoms with E-state index in [1.165, 1.54) is 19.3 Å². The Labute approximate surface area is 208 Å². The summed E-state index contributed by atoms with van der Waals surface area (Å²) >= 11 is 0. The fourth-order valence-electron chi connectivity index (χ4n) is 4.69. The average molecular weight is 559 g/mol. The number of ether oxygens (including phenoxy) is 1. The number of nitrogens with zero attached hydrogens (tertiary/aromatic N) is 6. The van der Waals surface area contributed by atoms with Gasteiger partial charge in [0, 0.05) is 65.3 Å². The van der Waals surface area contributed by atoms with Crippen molar-refractivity contribution in [3.05, 3.63) is 11.6 Å². The molecule has 1 N–H and O–H groups in total. The minimum Gasteiger partial charge on any atom is -0.368 e. The molecule has 1 aromatic heterocycles. The first-order valence-corrected chi connectivity index (χ1v) is 12.1. The number of hydrogen-bond donors (Lipinski definition) is 1. The van der Waals surface area contributed by atoms with Gasteiger partial charge in [-0.25, -0.2) is 0 Å². The van der Waals surface area contributed by atoms with Gasteiger partial charge in [0.05, 0.1) is 0 Å². The molecule has 0 aromatic carbocycles. The molecule has 0 spiro atoms. The van der Waals surface area contributed by atoms with Crippen molar-refractivity contribution in [2.45, 2.75) is 70.9 Å². The van der Waals surface area contributed by atoms with Gasteiger partial charge in [-0.1, -0.05) is 6.42 Å². The molecule has 0 saturated carbocycles. The van der Waals surface area contributed by atoms with Crippen molar-refractivity contribution >= 4 is 35.8 Å². The van der Waals surface area contributed by atoms with E-state index in [1.807, 2.05) is 4.90 Å². The van der Waals surface area contributed by atoms with Gasteiger partial charge in [0.1, 0.15) is 17.8 Å². The molecular formula is C22H38IN7O2. The summed E-state index contributed by atoms with van der Waals surface area (Å²) in [5.74, 6) is 3.37. The number of carbonyl (C=O) groups is 1. The second-order valence-electron chi connectivity index (χ2n) is 8.65. The number of halogens is 1. The highest BCUT2D eigenvalue weighted by atomic mass is 127. The molecule has 1 unspecified atom stereocenters. The van der Waals surface area contributed by atoms with Crippen LogP contribution >= 0.6 is 24.0 Å². The van der Waals surface area contributed by atoms with Gasteiger partial charge in [-0.3, -0.25) is 9.79 Å². The molecule has 1 atom stereocenters. The quantitative estimate of drug-likeness (QED) is 0.248. The van der Waals surface area contributed by atoms with Gasteiger partial charge in [0.25, 0.3) is 5.91 Å². The predicted molar refractivity (Wildman–Crippen MR) is 134 cm³/mol. The number of nitrogens with one attached hydrogen (secondary N) is 1. The highest BCUT2D eigenvalue weighted by molar-refractivity contribution is 14.0. The van der Waals surface area contributed by atoms with Crippen LogP contribution in [-0.2, 0) is 28.9 Å². The van der Waals surface area contributed by atoms with Crippen LogP contribution in [0.25, 0.3) is 0 Å². The van der Waals surface area contributed by atoms with Gasteiger partial charge in [-0.05, 0) is 39.0 Å². The lowest BCUT2D eigenvalue weighted by Gasteiger charge is -2.37. The topological polar surface area (TPSA) is 87.9 Å². The van der Waals surface area contributed by atoms with E-state index >= 15 is 0 Å². The van der Waals surface area contributed by atoms with Crippen LogP contribution in [0.1, 0.15) is 57.1 Å². The molecule has 0 aliphatic carbocycles. The lowest BCUT2D eigenvalue weighted by molar-refractivity contribution is -0.142. The highest BCUT2D eigenvalue weighted by Gasteiger charge is 2.30. The lowest BCUT2D eigenvalue weighted by atomic mass is 10.2. The van der Waals surface area contributed by atoms with Crippen LogP contribution in [-0.4, -0.2) is 88.4 Å². The largest absolute Gasteiger partial charge is 0.368 e. The number of carbonyl (C=O) groups excluding carboxylic acids is 1. The predicted octanol–water partition coefficient (Wildman–Crippen LogP) is 1.84. The third kappa shape index (κ3) is 6.33. The van der Waals surface area contributed by atoms with E-state index in [-0.39, 0.29) is 36.0 Å². The van der Waals surface area contributed by atoms with Crippen LogP contribution in [0.4, 0.5) is 0 Å². The van der Waals surface area contributed by atoms with E-state index in [4.69, 9.17) is 9.73 Å². The van der Waals surface area contributed by atoms with Crippen molar-refractivity contribution in [2.75, 3.05) is 45.9 Å². The van der Waals surface area contributed by atoms with Crippen LogP contribution in [0.2, 0.25) is 0 Å². The number of fused-ring (bicyclic) bond motifs is 1. The number of rotatable bonds is 6. The zero-order valence-corrected chi connectivity index (χ0v) is 21.6. The molecule has 10 heteroatoms. The maximum absolute atomic E-state index is 12.6. The Bertz CT molecular complexity index is 755. The van der Waals surface area contributed by atoms with E-state index in [0.29, 0.717) is 6.61 Å². The summed E-state index contributed by atoms with van der Waals surface area (Å²) in [6, 6.07) is 0. The first-order valence-electron chi connectivity index (χ1n) is 12.1. The number of guanidine groups is 1. The standard InChI is InChI=1S/C22H37N7O2.HI/c1-2-23-22(28-15-13-27(14-16-28)21(30)18-8-7-17-31-18)24-11-6-10-20-26-25-19-9-4-3-5-12-29(19)20;/h18H,2-17H2,1H3,(H,23,24);1H. The van der Waals surface area contributed by atoms with Crippen molar-refractivity contribution in [2.24, 2.45) is 4.99 Å². The van der Waals surface area contributed by atoms with Gasteiger partial charge >= 0.3 is 0 Å². The van der Waals surface area contributed by atoms with E-state index in [2.05, 4.69) is 31.9 Å². The van der Waals surface area contributed by atoms with Crippen LogP contribution in [0.3, 0.4) is 0 Å². The minimum absolute atomic E-state index is 0. The number of aromatic nitrogens is 3. The van der Waals surface area contributed by atoms with Gasteiger partial charge < -0.3 is 24.4 Å². The first kappa shape index (κ1) is 25.2. The summed E-state index contributed by atoms with van der Waals surface area (Å²) in [4.78, 5) is 21.7. The van der Waals surface area contributed by atoms with E-state index in [9.17, 15) is 4.79 Å². The summed E-state index contributed by atoms with van der Waals surface area (Å²) in [7, 11) is 0. The zero-order valence-electron chi connectivity index (χ0n) is 19.3. The molecule has 2 saturated heterocycles. The Hall–Kier alpha value is -1.43. The average Bonchev–Trinajstić information content (AvgIpc) is 3.41.